The minimum Gasteiger partial charge on any atom is -0.398 e. The van der Waals surface area contributed by atoms with Crippen molar-refractivity contribution in [2.75, 3.05) is 18.8 Å². The molecular weight excluding hydrogens is 262 g/mol. The highest BCUT2D eigenvalue weighted by molar-refractivity contribution is 7.89. The molecule has 0 aromatic heterocycles. The molecule has 0 radical (unpaired) electrons. The van der Waals surface area contributed by atoms with Crippen LogP contribution < -0.4 is 5.73 Å². The minimum atomic E-state index is -3.72. The Morgan fingerprint density at radius 3 is 2.63 bits per heavy atom. The number of terminal acetylenes is 1. The maximum atomic E-state index is 12.4. The molecule has 6 heteroatoms. The van der Waals surface area contributed by atoms with Crippen molar-refractivity contribution in [3.05, 3.63) is 23.8 Å². The second kappa shape index (κ2) is 6.24. The van der Waals surface area contributed by atoms with E-state index in [9.17, 15) is 8.42 Å². The maximum Gasteiger partial charge on any atom is 0.245 e. The van der Waals surface area contributed by atoms with Crippen LogP contribution in [-0.4, -0.2) is 25.8 Å². The lowest BCUT2D eigenvalue weighted by Crippen LogP contribution is -2.32. The lowest BCUT2D eigenvalue weighted by Gasteiger charge is -2.20. The molecule has 2 N–H and O–H groups in total. The van der Waals surface area contributed by atoms with E-state index in [2.05, 4.69) is 5.92 Å². The van der Waals surface area contributed by atoms with Crippen molar-refractivity contribution in [1.29, 1.82) is 5.26 Å². The van der Waals surface area contributed by atoms with Crippen LogP contribution in [0.25, 0.3) is 0 Å². The fraction of sp³-hybridized carbons (Fsp3) is 0.308. The summed E-state index contributed by atoms with van der Waals surface area (Å²) in [6.07, 6.45) is 5.84. The van der Waals surface area contributed by atoms with E-state index in [0.29, 0.717) is 18.5 Å². The number of nitrogens with two attached hydrogens (primary N) is 1. The highest BCUT2D eigenvalue weighted by atomic mass is 32.2. The fourth-order valence-corrected chi connectivity index (χ4v) is 3.17. The molecule has 0 bridgehead atoms. The van der Waals surface area contributed by atoms with Crippen LogP contribution in [0, 0.1) is 23.7 Å². The van der Waals surface area contributed by atoms with Gasteiger partial charge in [0.05, 0.1) is 23.9 Å². The van der Waals surface area contributed by atoms with Crippen LogP contribution in [0.1, 0.15) is 18.9 Å². The van der Waals surface area contributed by atoms with Crippen LogP contribution in [0.15, 0.2) is 23.1 Å². The summed E-state index contributed by atoms with van der Waals surface area (Å²) in [7, 11) is -3.72. The van der Waals surface area contributed by atoms with E-state index in [-0.39, 0.29) is 17.1 Å². The van der Waals surface area contributed by atoms with E-state index in [0.717, 1.165) is 0 Å². The van der Waals surface area contributed by atoms with Crippen LogP contribution in [0.2, 0.25) is 0 Å². The van der Waals surface area contributed by atoms with Gasteiger partial charge in [-0.3, -0.25) is 0 Å². The molecule has 0 heterocycles. The minimum absolute atomic E-state index is 0.00435. The molecule has 0 aliphatic carbocycles. The largest absolute Gasteiger partial charge is 0.398 e. The maximum absolute atomic E-state index is 12.4. The molecule has 1 aromatic rings. The van der Waals surface area contributed by atoms with Crippen LogP contribution in [-0.2, 0) is 10.0 Å². The average molecular weight is 277 g/mol. The summed E-state index contributed by atoms with van der Waals surface area (Å²) in [5.41, 5.74) is 6.07. The summed E-state index contributed by atoms with van der Waals surface area (Å²) >= 11 is 0. The zero-order valence-electron chi connectivity index (χ0n) is 10.6. The number of anilines is 1. The molecule has 5 nitrogen and oxygen atoms in total. The Labute approximate surface area is 113 Å². The second-order valence-corrected chi connectivity index (χ2v) is 5.81. The third-order valence-corrected chi connectivity index (χ3v) is 4.42. The third-order valence-electron chi connectivity index (χ3n) is 2.50. The molecule has 19 heavy (non-hydrogen) atoms. The Kier molecular flexibility index (Phi) is 4.94. The molecule has 0 saturated heterocycles. The Bertz CT molecular complexity index is 639. The first-order valence-electron chi connectivity index (χ1n) is 5.70. The molecule has 100 valence electrons. The Morgan fingerprint density at radius 1 is 1.47 bits per heavy atom. The number of nitriles is 1. The molecule has 0 fully saturated rings. The van der Waals surface area contributed by atoms with Crippen molar-refractivity contribution in [3.63, 3.8) is 0 Å². The van der Waals surface area contributed by atoms with Crippen molar-refractivity contribution in [2.24, 2.45) is 0 Å². The monoisotopic (exact) mass is 277 g/mol. The number of hydrogen-bond donors (Lipinski definition) is 1. The Balaban J connectivity index is 3.26. The lowest BCUT2D eigenvalue weighted by molar-refractivity contribution is 0.446. The van der Waals surface area contributed by atoms with Crippen molar-refractivity contribution in [2.45, 2.75) is 18.2 Å². The van der Waals surface area contributed by atoms with E-state index in [1.165, 1.54) is 22.5 Å². The predicted molar refractivity (Wildman–Crippen MR) is 73.5 cm³/mol. The van der Waals surface area contributed by atoms with Gasteiger partial charge in [0.2, 0.25) is 10.0 Å². The van der Waals surface area contributed by atoms with Gasteiger partial charge in [0.15, 0.2) is 0 Å². The summed E-state index contributed by atoms with van der Waals surface area (Å²) in [4.78, 5) is -0.0183. The summed E-state index contributed by atoms with van der Waals surface area (Å²) in [6, 6.07) is 6.00. The van der Waals surface area contributed by atoms with Crippen molar-refractivity contribution in [3.8, 4) is 18.4 Å². The molecule has 0 atom stereocenters. The molecular formula is C13H15N3O2S. The van der Waals surface area contributed by atoms with E-state index in [1.807, 2.05) is 13.0 Å². The highest BCUT2D eigenvalue weighted by Crippen LogP contribution is 2.23. The molecule has 0 aliphatic rings. The zero-order chi connectivity index (χ0) is 14.5. The first-order chi connectivity index (χ1) is 8.97. The molecule has 0 aliphatic heterocycles. The number of rotatable bonds is 5. The van der Waals surface area contributed by atoms with Crippen molar-refractivity contribution >= 4 is 15.7 Å². The number of hydrogen-bond acceptors (Lipinski definition) is 4. The highest BCUT2D eigenvalue weighted by Gasteiger charge is 2.25. The van der Waals surface area contributed by atoms with Crippen LogP contribution in [0.3, 0.4) is 0 Å². The van der Waals surface area contributed by atoms with E-state index < -0.39 is 10.0 Å². The van der Waals surface area contributed by atoms with Gasteiger partial charge in [0, 0.05) is 6.54 Å². The summed E-state index contributed by atoms with van der Waals surface area (Å²) < 4.78 is 26.0. The molecule has 0 amide bonds. The zero-order valence-corrected chi connectivity index (χ0v) is 11.4. The molecule has 1 aromatic carbocycles. The Morgan fingerprint density at radius 2 is 2.16 bits per heavy atom. The van der Waals surface area contributed by atoms with Gasteiger partial charge < -0.3 is 5.73 Å². The quantitative estimate of drug-likeness (QED) is 0.646. The normalized spacial score (nSPS) is 10.9. The smallest absolute Gasteiger partial charge is 0.245 e. The van der Waals surface area contributed by atoms with Gasteiger partial charge in [-0.2, -0.15) is 9.57 Å². The van der Waals surface area contributed by atoms with Crippen molar-refractivity contribution in [1.82, 2.24) is 4.31 Å². The molecule has 0 spiro atoms. The third kappa shape index (κ3) is 3.25. The topological polar surface area (TPSA) is 87.2 Å². The van der Waals surface area contributed by atoms with Crippen LogP contribution in [0.5, 0.6) is 0 Å². The van der Waals surface area contributed by atoms with Gasteiger partial charge in [0.1, 0.15) is 4.90 Å². The van der Waals surface area contributed by atoms with Gasteiger partial charge >= 0.3 is 0 Å². The van der Waals surface area contributed by atoms with E-state index >= 15 is 0 Å². The van der Waals surface area contributed by atoms with E-state index in [1.54, 1.807) is 0 Å². The van der Waals surface area contributed by atoms with Crippen LogP contribution in [0.4, 0.5) is 5.69 Å². The SMILES string of the molecule is C#CCN(CCC)S(=O)(=O)c1ccc(C#N)cc1N. The van der Waals surface area contributed by atoms with Crippen molar-refractivity contribution < 1.29 is 8.42 Å². The first-order valence-corrected chi connectivity index (χ1v) is 7.14. The Hall–Kier alpha value is -2.02. The summed E-state index contributed by atoms with van der Waals surface area (Å²) in [6.45, 7) is 2.18. The standard InChI is InChI=1S/C13H15N3O2S/c1-3-7-16(8-4-2)19(17,18)13-6-5-11(10-14)9-12(13)15/h1,5-6,9H,4,7-8,15H2,2H3. The first kappa shape index (κ1) is 15.0. The van der Waals surface area contributed by atoms with E-state index in [4.69, 9.17) is 17.4 Å². The fourth-order valence-electron chi connectivity index (χ4n) is 1.63. The van der Waals surface area contributed by atoms with Gasteiger partial charge in [-0.15, -0.1) is 6.42 Å². The van der Waals surface area contributed by atoms with Gasteiger partial charge in [-0.1, -0.05) is 12.8 Å². The molecule has 1 rings (SSSR count). The summed E-state index contributed by atoms with van der Waals surface area (Å²) in [5, 5.41) is 8.74. The van der Waals surface area contributed by atoms with Crippen LogP contribution >= 0.6 is 0 Å². The number of benzene rings is 1. The average Bonchev–Trinajstić information content (AvgIpc) is 2.38. The lowest BCUT2D eigenvalue weighted by atomic mass is 10.2. The number of nitrogens with zero attached hydrogens (tertiary/aromatic N) is 2. The predicted octanol–water partition coefficient (Wildman–Crippen LogP) is 1.17. The van der Waals surface area contributed by atoms with Gasteiger partial charge in [-0.25, -0.2) is 8.42 Å². The summed E-state index contributed by atoms with van der Waals surface area (Å²) in [5.74, 6) is 2.32. The molecule has 0 saturated carbocycles. The molecule has 0 unspecified atom stereocenters. The van der Waals surface area contributed by atoms with Gasteiger partial charge in [0.25, 0.3) is 0 Å². The van der Waals surface area contributed by atoms with Gasteiger partial charge in [-0.05, 0) is 24.6 Å². The number of nitrogen functional groups attached to an aromatic ring is 1. The number of sulfonamides is 1. The second-order valence-electron chi connectivity index (χ2n) is 3.91.